The Kier molecular flexibility index (Phi) is 4.45. The largest absolute Gasteiger partial charge is 0.496 e. The third-order valence-corrected chi connectivity index (χ3v) is 5.21. The van der Waals surface area contributed by atoms with Crippen LogP contribution in [0.4, 0.5) is 5.69 Å². The summed E-state index contributed by atoms with van der Waals surface area (Å²) in [5.41, 5.74) is 6.59. The maximum atomic E-state index is 12.4. The van der Waals surface area contributed by atoms with Crippen molar-refractivity contribution in [2.45, 2.75) is 12.8 Å². The van der Waals surface area contributed by atoms with E-state index in [-0.39, 0.29) is 5.91 Å². The number of nitrogens with one attached hydrogen (secondary N) is 1. The van der Waals surface area contributed by atoms with E-state index < -0.39 is 0 Å². The summed E-state index contributed by atoms with van der Waals surface area (Å²) >= 11 is 6.02. The summed E-state index contributed by atoms with van der Waals surface area (Å²) in [5, 5.41) is 3.40. The lowest BCUT2D eigenvalue weighted by Crippen LogP contribution is -2.50. The molecule has 5 nitrogen and oxygen atoms in total. The van der Waals surface area contributed by atoms with Gasteiger partial charge in [0.05, 0.1) is 23.4 Å². The molecule has 1 aromatic carbocycles. The van der Waals surface area contributed by atoms with Gasteiger partial charge in [-0.2, -0.15) is 0 Å². The van der Waals surface area contributed by atoms with Crippen molar-refractivity contribution in [3.63, 3.8) is 0 Å². The quantitative estimate of drug-likeness (QED) is 0.832. The molecule has 1 unspecified atom stereocenters. The van der Waals surface area contributed by atoms with Crippen molar-refractivity contribution in [3.05, 3.63) is 22.7 Å². The number of carbonyl (C=O) groups excluding carboxylic acids is 1. The molecule has 1 atom stereocenters. The van der Waals surface area contributed by atoms with Crippen molar-refractivity contribution >= 4 is 23.2 Å². The average Bonchev–Trinajstić information content (AvgIpc) is 2.55. The standard InChI is InChI=1S/C16H22ClN3O2/c1-22-15-7-14(18)13(17)6-12(15)16(21)19-8-11-9-20-4-2-10(11)3-5-20/h6-7,10-11H,2-5,8-9,18H2,1H3,(H,19,21). The fourth-order valence-electron chi connectivity index (χ4n) is 3.55. The Morgan fingerprint density at radius 2 is 2.18 bits per heavy atom. The first-order chi connectivity index (χ1) is 10.6. The van der Waals surface area contributed by atoms with Crippen LogP contribution in [0.15, 0.2) is 12.1 Å². The second-order valence-electron chi connectivity index (χ2n) is 6.18. The summed E-state index contributed by atoms with van der Waals surface area (Å²) in [5.74, 6) is 1.58. The molecule has 0 aliphatic carbocycles. The van der Waals surface area contributed by atoms with E-state index in [2.05, 4.69) is 10.2 Å². The zero-order chi connectivity index (χ0) is 15.7. The lowest BCUT2D eigenvalue weighted by Gasteiger charge is -2.44. The summed E-state index contributed by atoms with van der Waals surface area (Å²) in [6, 6.07) is 3.16. The first-order valence-electron chi connectivity index (χ1n) is 7.72. The van der Waals surface area contributed by atoms with E-state index >= 15 is 0 Å². The Hall–Kier alpha value is -1.46. The molecule has 0 radical (unpaired) electrons. The number of anilines is 1. The van der Waals surface area contributed by atoms with Crippen LogP contribution in [0.5, 0.6) is 5.75 Å². The van der Waals surface area contributed by atoms with Gasteiger partial charge in [0, 0.05) is 19.2 Å². The average molecular weight is 324 g/mol. The van der Waals surface area contributed by atoms with E-state index in [0.29, 0.717) is 34.5 Å². The molecule has 3 heterocycles. The zero-order valence-corrected chi connectivity index (χ0v) is 13.5. The van der Waals surface area contributed by atoms with Crippen LogP contribution in [0, 0.1) is 11.8 Å². The highest BCUT2D eigenvalue weighted by Gasteiger charge is 2.34. The van der Waals surface area contributed by atoms with Crippen molar-refractivity contribution in [1.82, 2.24) is 10.2 Å². The molecule has 3 fully saturated rings. The summed E-state index contributed by atoms with van der Waals surface area (Å²) in [6.45, 7) is 4.20. The number of amides is 1. The number of rotatable bonds is 4. The molecule has 120 valence electrons. The van der Waals surface area contributed by atoms with Crippen LogP contribution in [0.2, 0.25) is 5.02 Å². The third kappa shape index (κ3) is 3.01. The van der Waals surface area contributed by atoms with E-state index in [1.807, 2.05) is 0 Å². The zero-order valence-electron chi connectivity index (χ0n) is 12.8. The number of nitrogens with zero attached hydrogens (tertiary/aromatic N) is 1. The molecular formula is C16H22ClN3O2. The van der Waals surface area contributed by atoms with Crippen LogP contribution in [-0.2, 0) is 0 Å². The molecule has 1 aromatic rings. The Labute approximate surface area is 135 Å². The predicted molar refractivity (Wildman–Crippen MR) is 87.4 cm³/mol. The summed E-state index contributed by atoms with van der Waals surface area (Å²) in [4.78, 5) is 14.9. The van der Waals surface area contributed by atoms with Gasteiger partial charge < -0.3 is 20.7 Å². The van der Waals surface area contributed by atoms with Crippen molar-refractivity contribution < 1.29 is 9.53 Å². The van der Waals surface area contributed by atoms with E-state index in [1.54, 1.807) is 12.1 Å². The number of hydrogen-bond acceptors (Lipinski definition) is 4. The van der Waals surface area contributed by atoms with E-state index in [0.717, 1.165) is 12.5 Å². The molecule has 0 spiro atoms. The number of carbonyl (C=O) groups is 1. The monoisotopic (exact) mass is 323 g/mol. The topological polar surface area (TPSA) is 67.6 Å². The molecule has 0 aromatic heterocycles. The maximum Gasteiger partial charge on any atom is 0.255 e. The minimum absolute atomic E-state index is 0.157. The number of fused-ring (bicyclic) bond motifs is 3. The van der Waals surface area contributed by atoms with Gasteiger partial charge in [-0.15, -0.1) is 0 Å². The fourth-order valence-corrected chi connectivity index (χ4v) is 3.72. The normalized spacial score (nSPS) is 26.7. The molecule has 3 aliphatic rings. The highest BCUT2D eigenvalue weighted by atomic mass is 35.5. The minimum Gasteiger partial charge on any atom is -0.496 e. The molecule has 3 saturated heterocycles. The molecule has 22 heavy (non-hydrogen) atoms. The highest BCUT2D eigenvalue weighted by molar-refractivity contribution is 6.33. The fraction of sp³-hybridized carbons (Fsp3) is 0.562. The maximum absolute atomic E-state index is 12.4. The van der Waals surface area contributed by atoms with E-state index in [9.17, 15) is 4.79 Å². The smallest absolute Gasteiger partial charge is 0.255 e. The van der Waals surface area contributed by atoms with Gasteiger partial charge in [-0.1, -0.05) is 11.6 Å². The van der Waals surface area contributed by atoms with Crippen LogP contribution < -0.4 is 15.8 Å². The van der Waals surface area contributed by atoms with Crippen LogP contribution in [0.3, 0.4) is 0 Å². The second-order valence-corrected chi connectivity index (χ2v) is 6.59. The Bertz CT molecular complexity index is 571. The summed E-state index contributed by atoms with van der Waals surface area (Å²) < 4.78 is 5.24. The molecule has 3 N–H and O–H groups in total. The van der Waals surface area contributed by atoms with Gasteiger partial charge in [-0.25, -0.2) is 0 Å². The Balaban J connectivity index is 1.66. The molecule has 6 heteroatoms. The number of benzene rings is 1. The Morgan fingerprint density at radius 3 is 2.77 bits per heavy atom. The second kappa shape index (κ2) is 6.34. The molecule has 0 saturated carbocycles. The van der Waals surface area contributed by atoms with Crippen LogP contribution in [0.25, 0.3) is 0 Å². The van der Waals surface area contributed by atoms with Crippen molar-refractivity contribution in [1.29, 1.82) is 0 Å². The molecule has 2 bridgehead atoms. The highest BCUT2D eigenvalue weighted by Crippen LogP contribution is 2.32. The van der Waals surface area contributed by atoms with Gasteiger partial charge in [0.15, 0.2) is 0 Å². The number of piperidine rings is 3. The van der Waals surface area contributed by atoms with Gasteiger partial charge in [0.2, 0.25) is 0 Å². The van der Waals surface area contributed by atoms with Crippen LogP contribution in [0.1, 0.15) is 23.2 Å². The predicted octanol–water partition coefficient (Wildman–Crippen LogP) is 2.00. The van der Waals surface area contributed by atoms with Crippen molar-refractivity contribution in [2.24, 2.45) is 11.8 Å². The first kappa shape index (κ1) is 15.4. The van der Waals surface area contributed by atoms with Crippen molar-refractivity contribution in [3.8, 4) is 5.75 Å². The van der Waals surface area contributed by atoms with Gasteiger partial charge in [-0.3, -0.25) is 4.79 Å². The molecular weight excluding hydrogens is 302 g/mol. The lowest BCUT2D eigenvalue weighted by molar-refractivity contribution is 0.0496. The minimum atomic E-state index is -0.157. The van der Waals surface area contributed by atoms with E-state index in [1.165, 1.54) is 33.0 Å². The van der Waals surface area contributed by atoms with E-state index in [4.69, 9.17) is 22.1 Å². The molecule has 3 aliphatic heterocycles. The summed E-state index contributed by atoms with van der Waals surface area (Å²) in [7, 11) is 1.52. The number of methoxy groups -OCH3 is 1. The number of halogens is 1. The number of nitrogens with two attached hydrogens (primary N) is 1. The first-order valence-corrected chi connectivity index (χ1v) is 8.10. The van der Waals surface area contributed by atoms with Crippen LogP contribution in [-0.4, -0.2) is 44.1 Å². The third-order valence-electron chi connectivity index (χ3n) is 4.88. The van der Waals surface area contributed by atoms with Crippen LogP contribution >= 0.6 is 11.6 Å². The Morgan fingerprint density at radius 1 is 1.45 bits per heavy atom. The lowest BCUT2D eigenvalue weighted by atomic mass is 9.79. The SMILES string of the molecule is COc1cc(N)c(Cl)cc1C(=O)NCC1CN2CCC1CC2. The van der Waals surface area contributed by atoms with Crippen molar-refractivity contribution in [2.75, 3.05) is 39.0 Å². The van der Waals surface area contributed by atoms with Gasteiger partial charge in [0.25, 0.3) is 5.91 Å². The number of hydrogen-bond donors (Lipinski definition) is 2. The molecule has 4 rings (SSSR count). The summed E-state index contributed by atoms with van der Waals surface area (Å²) in [6.07, 6.45) is 2.50. The number of ether oxygens (including phenoxy) is 1. The number of nitrogen functional groups attached to an aromatic ring is 1. The van der Waals surface area contributed by atoms with Gasteiger partial charge >= 0.3 is 0 Å². The van der Waals surface area contributed by atoms with Gasteiger partial charge in [-0.05, 0) is 43.8 Å². The van der Waals surface area contributed by atoms with Gasteiger partial charge in [0.1, 0.15) is 5.75 Å². The molecule has 1 amide bonds.